The van der Waals surface area contributed by atoms with Crippen LogP contribution >= 0.6 is 0 Å². The summed E-state index contributed by atoms with van der Waals surface area (Å²) in [7, 11) is 0. The summed E-state index contributed by atoms with van der Waals surface area (Å²) >= 11 is 0. The van der Waals surface area contributed by atoms with Gasteiger partial charge in [0, 0.05) is 19.0 Å². The van der Waals surface area contributed by atoms with Crippen molar-refractivity contribution < 1.29 is 19.2 Å². The minimum atomic E-state index is -0.936. The van der Waals surface area contributed by atoms with Crippen LogP contribution in [0.2, 0.25) is 0 Å². The lowest BCUT2D eigenvalue weighted by Gasteiger charge is -2.27. The third-order valence-corrected chi connectivity index (χ3v) is 5.25. The van der Waals surface area contributed by atoms with Crippen LogP contribution in [-0.2, 0) is 16.1 Å². The normalized spacial score (nSPS) is 20.4. The van der Waals surface area contributed by atoms with Crippen LogP contribution < -0.4 is 16.4 Å². The molecule has 1 saturated heterocycles. The van der Waals surface area contributed by atoms with Crippen LogP contribution in [0.5, 0.6) is 0 Å². The van der Waals surface area contributed by atoms with E-state index in [4.69, 9.17) is 5.73 Å². The average Bonchev–Trinajstić information content (AvgIpc) is 2.91. The number of amides is 4. The maximum absolute atomic E-state index is 12.8. The third kappa shape index (κ3) is 4.13. The molecule has 0 aromatic heterocycles. The zero-order chi connectivity index (χ0) is 20.3. The zero-order valence-electron chi connectivity index (χ0n) is 16.0. The van der Waals surface area contributed by atoms with Gasteiger partial charge in [-0.15, -0.1) is 0 Å². The first-order valence-electron chi connectivity index (χ1n) is 9.70. The number of fused-ring (bicyclic) bond motifs is 1. The number of unbranched alkanes of at least 4 members (excludes halogenated alkanes) is 1. The predicted molar refractivity (Wildman–Crippen MR) is 102 cm³/mol. The Morgan fingerprint density at radius 1 is 1.18 bits per heavy atom. The molecule has 4 amide bonds. The molecule has 1 aromatic rings. The summed E-state index contributed by atoms with van der Waals surface area (Å²) < 4.78 is 0. The van der Waals surface area contributed by atoms with E-state index >= 15 is 0 Å². The van der Waals surface area contributed by atoms with E-state index in [0.717, 1.165) is 29.7 Å². The highest BCUT2D eigenvalue weighted by Gasteiger charge is 2.44. The summed E-state index contributed by atoms with van der Waals surface area (Å²) in [5.74, 6) is -1.94. The highest BCUT2D eigenvalue weighted by Crippen LogP contribution is 2.28. The van der Waals surface area contributed by atoms with Gasteiger partial charge >= 0.3 is 0 Å². The largest absolute Gasteiger partial charge is 0.330 e. The number of imide groups is 2. The maximum atomic E-state index is 12.8. The Kier molecular flexibility index (Phi) is 6.21. The average molecular weight is 386 g/mol. The van der Waals surface area contributed by atoms with Crippen LogP contribution in [0.25, 0.3) is 0 Å². The molecule has 2 atom stereocenters. The number of piperidine rings is 1. The Labute approximate surface area is 163 Å². The van der Waals surface area contributed by atoms with Crippen molar-refractivity contribution in [3.63, 3.8) is 0 Å². The number of nitrogens with one attached hydrogen (secondary N) is 2. The summed E-state index contributed by atoms with van der Waals surface area (Å²) in [5.41, 5.74) is 7.02. The second-order valence-corrected chi connectivity index (χ2v) is 7.39. The molecule has 2 unspecified atom stereocenters. The summed E-state index contributed by atoms with van der Waals surface area (Å²) in [5, 5.41) is 5.61. The minimum absolute atomic E-state index is 0.112. The van der Waals surface area contributed by atoms with Crippen LogP contribution in [0.4, 0.5) is 0 Å². The molecule has 3 rings (SSSR count). The Balaban J connectivity index is 1.68. The van der Waals surface area contributed by atoms with E-state index in [1.807, 2.05) is 6.07 Å². The van der Waals surface area contributed by atoms with E-state index in [0.29, 0.717) is 30.3 Å². The number of nitrogens with two attached hydrogens (primary N) is 1. The number of carbonyl (C=O) groups excluding carboxylic acids is 4. The first-order chi connectivity index (χ1) is 13.4. The molecule has 2 aliphatic heterocycles. The van der Waals surface area contributed by atoms with Gasteiger partial charge in [0.15, 0.2) is 0 Å². The Hall–Kier alpha value is -2.58. The van der Waals surface area contributed by atoms with Crippen molar-refractivity contribution in [3.8, 4) is 0 Å². The minimum Gasteiger partial charge on any atom is -0.330 e. The molecule has 0 bridgehead atoms. The Morgan fingerprint density at radius 2 is 1.93 bits per heavy atom. The van der Waals surface area contributed by atoms with Crippen LogP contribution in [0, 0.1) is 0 Å². The van der Waals surface area contributed by atoms with Crippen molar-refractivity contribution in [1.82, 2.24) is 15.5 Å². The highest BCUT2D eigenvalue weighted by atomic mass is 16.2. The van der Waals surface area contributed by atoms with Gasteiger partial charge in [-0.2, -0.15) is 0 Å². The van der Waals surface area contributed by atoms with Crippen molar-refractivity contribution in [2.45, 2.75) is 57.7 Å². The molecule has 28 heavy (non-hydrogen) atoms. The lowest BCUT2D eigenvalue weighted by Crippen LogP contribution is -2.54. The first kappa shape index (κ1) is 20.2. The number of carbonyl (C=O) groups is 4. The molecule has 0 spiro atoms. The van der Waals surface area contributed by atoms with E-state index in [1.165, 1.54) is 0 Å². The van der Waals surface area contributed by atoms with Gasteiger partial charge < -0.3 is 11.1 Å². The summed E-state index contributed by atoms with van der Waals surface area (Å²) in [4.78, 5) is 49.9. The number of hydrogen-bond acceptors (Lipinski definition) is 6. The molecule has 150 valence electrons. The highest BCUT2D eigenvalue weighted by molar-refractivity contribution is 6.23. The molecular formula is C20H26N4O4. The SMILES string of the molecule is CC(CCCCN)NCc1ccc2c(c1)C(=O)N(C1CCC(=O)NC1=O)C2=O. The molecule has 1 fully saturated rings. The standard InChI is InChI=1S/C20H26N4O4/c1-12(4-2-3-9-21)22-11-13-5-6-14-15(10-13)20(28)24(19(14)27)16-7-8-17(25)23-18(16)26/h5-6,10,12,16,22H,2-4,7-9,11,21H2,1H3,(H,23,25,26). The van der Waals surface area contributed by atoms with Gasteiger partial charge in [-0.3, -0.25) is 29.4 Å². The first-order valence-corrected chi connectivity index (χ1v) is 9.70. The van der Waals surface area contributed by atoms with E-state index < -0.39 is 23.8 Å². The van der Waals surface area contributed by atoms with Gasteiger partial charge in [-0.25, -0.2) is 0 Å². The topological polar surface area (TPSA) is 122 Å². The van der Waals surface area contributed by atoms with Gasteiger partial charge in [-0.1, -0.05) is 12.5 Å². The molecular weight excluding hydrogens is 360 g/mol. The molecule has 0 saturated carbocycles. The predicted octanol–water partition coefficient (Wildman–Crippen LogP) is 0.695. The van der Waals surface area contributed by atoms with Gasteiger partial charge in [0.05, 0.1) is 11.1 Å². The lowest BCUT2D eigenvalue weighted by atomic mass is 10.0. The van der Waals surface area contributed by atoms with E-state index in [2.05, 4.69) is 17.6 Å². The van der Waals surface area contributed by atoms with Gasteiger partial charge in [0.2, 0.25) is 11.8 Å². The quantitative estimate of drug-likeness (QED) is 0.446. The van der Waals surface area contributed by atoms with Crippen molar-refractivity contribution >= 4 is 23.6 Å². The fourth-order valence-corrected chi connectivity index (χ4v) is 3.62. The number of nitrogens with zero attached hydrogens (tertiary/aromatic N) is 1. The zero-order valence-corrected chi connectivity index (χ0v) is 16.0. The number of hydrogen-bond donors (Lipinski definition) is 3. The second kappa shape index (κ2) is 8.62. The monoisotopic (exact) mass is 386 g/mol. The molecule has 0 radical (unpaired) electrons. The second-order valence-electron chi connectivity index (χ2n) is 7.39. The van der Waals surface area contributed by atoms with Crippen LogP contribution in [0.3, 0.4) is 0 Å². The van der Waals surface area contributed by atoms with Crippen molar-refractivity contribution in [2.24, 2.45) is 5.73 Å². The van der Waals surface area contributed by atoms with E-state index in [-0.39, 0.29) is 18.7 Å². The molecule has 0 aliphatic carbocycles. The summed E-state index contributed by atoms with van der Waals surface area (Å²) in [6.07, 6.45) is 3.34. The van der Waals surface area contributed by atoms with Crippen LogP contribution in [0.1, 0.15) is 65.3 Å². The number of rotatable bonds is 8. The number of benzene rings is 1. The molecule has 2 aliphatic rings. The summed E-state index contributed by atoms with van der Waals surface area (Å²) in [6.45, 7) is 3.37. The lowest BCUT2D eigenvalue weighted by molar-refractivity contribution is -0.136. The van der Waals surface area contributed by atoms with Crippen molar-refractivity contribution in [2.75, 3.05) is 6.54 Å². The summed E-state index contributed by atoms with van der Waals surface area (Å²) in [6, 6.07) is 4.54. The van der Waals surface area contributed by atoms with Crippen LogP contribution in [0.15, 0.2) is 18.2 Å². The van der Waals surface area contributed by atoms with Crippen molar-refractivity contribution in [3.05, 3.63) is 34.9 Å². The van der Waals surface area contributed by atoms with Gasteiger partial charge in [-0.05, 0) is 50.4 Å². The molecule has 8 nitrogen and oxygen atoms in total. The molecule has 8 heteroatoms. The fraction of sp³-hybridized carbons (Fsp3) is 0.500. The molecule has 2 heterocycles. The van der Waals surface area contributed by atoms with Gasteiger partial charge in [0.1, 0.15) is 6.04 Å². The van der Waals surface area contributed by atoms with E-state index in [9.17, 15) is 19.2 Å². The van der Waals surface area contributed by atoms with Crippen molar-refractivity contribution in [1.29, 1.82) is 0 Å². The molecule has 4 N–H and O–H groups in total. The Bertz CT molecular complexity index is 807. The smallest absolute Gasteiger partial charge is 0.262 e. The molecule has 1 aromatic carbocycles. The third-order valence-electron chi connectivity index (χ3n) is 5.25. The Morgan fingerprint density at radius 3 is 2.64 bits per heavy atom. The maximum Gasteiger partial charge on any atom is 0.262 e. The van der Waals surface area contributed by atoms with Crippen LogP contribution in [-0.4, -0.2) is 47.2 Å². The fourth-order valence-electron chi connectivity index (χ4n) is 3.62. The van der Waals surface area contributed by atoms with Gasteiger partial charge in [0.25, 0.3) is 11.8 Å². The van der Waals surface area contributed by atoms with E-state index in [1.54, 1.807) is 12.1 Å².